The van der Waals surface area contributed by atoms with E-state index in [2.05, 4.69) is 9.47 Å². The topological polar surface area (TPSA) is 72.8 Å². The van der Waals surface area contributed by atoms with E-state index in [1.165, 1.54) is 7.11 Å². The molecule has 0 amide bonds. The van der Waals surface area contributed by atoms with Gasteiger partial charge in [0.1, 0.15) is 0 Å². The van der Waals surface area contributed by atoms with Gasteiger partial charge in [-0.3, -0.25) is 4.79 Å². The van der Waals surface area contributed by atoms with Crippen molar-refractivity contribution in [2.75, 3.05) is 14.2 Å². The van der Waals surface area contributed by atoms with Gasteiger partial charge < -0.3 is 14.6 Å². The molecule has 5 heteroatoms. The molecule has 0 bridgehead atoms. The molecule has 0 heterocycles. The predicted molar refractivity (Wildman–Crippen MR) is 34.7 cm³/mol. The normalized spacial score (nSPS) is 11.9. The van der Waals surface area contributed by atoms with Crippen LogP contribution in [0.4, 0.5) is 0 Å². The van der Waals surface area contributed by atoms with Crippen LogP contribution in [0.2, 0.25) is 0 Å². The maximum atomic E-state index is 10.5. The standard InChI is InChI=1S/C6H10O5/c1-10-5(8)3-4(7)6(9)11-2/h4,7H,3H2,1-2H3/t4-/m0/s1. The molecule has 0 aromatic carbocycles. The Morgan fingerprint density at radius 2 is 1.91 bits per heavy atom. The Morgan fingerprint density at radius 3 is 2.27 bits per heavy atom. The lowest BCUT2D eigenvalue weighted by molar-refractivity contribution is -0.156. The molecular formula is C6H10O5. The Bertz CT molecular complexity index is 153. The summed E-state index contributed by atoms with van der Waals surface area (Å²) in [5, 5.41) is 8.84. The van der Waals surface area contributed by atoms with E-state index in [0.717, 1.165) is 7.11 Å². The lowest BCUT2D eigenvalue weighted by Crippen LogP contribution is -2.25. The molecule has 0 unspecified atom stereocenters. The van der Waals surface area contributed by atoms with Crippen molar-refractivity contribution >= 4 is 11.9 Å². The SMILES string of the molecule is COC(=O)C[C@H](O)C(=O)OC. The third-order valence-electron chi connectivity index (χ3n) is 1.06. The van der Waals surface area contributed by atoms with Gasteiger partial charge >= 0.3 is 11.9 Å². The van der Waals surface area contributed by atoms with Gasteiger partial charge in [0.05, 0.1) is 20.6 Å². The van der Waals surface area contributed by atoms with Crippen molar-refractivity contribution in [1.82, 2.24) is 0 Å². The number of methoxy groups -OCH3 is 2. The average Bonchev–Trinajstić information content (AvgIpc) is 2.02. The summed E-state index contributed by atoms with van der Waals surface area (Å²) in [4.78, 5) is 20.9. The van der Waals surface area contributed by atoms with E-state index in [1.807, 2.05) is 0 Å². The molecule has 11 heavy (non-hydrogen) atoms. The van der Waals surface area contributed by atoms with Crippen molar-refractivity contribution in [3.05, 3.63) is 0 Å². The lowest BCUT2D eigenvalue weighted by Gasteiger charge is -2.05. The molecule has 0 radical (unpaired) electrons. The van der Waals surface area contributed by atoms with Gasteiger partial charge in [-0.15, -0.1) is 0 Å². The first-order valence-electron chi connectivity index (χ1n) is 2.94. The Labute approximate surface area is 63.9 Å². The van der Waals surface area contributed by atoms with E-state index < -0.39 is 18.0 Å². The summed E-state index contributed by atoms with van der Waals surface area (Å²) >= 11 is 0. The number of aliphatic hydroxyl groups excluding tert-OH is 1. The molecule has 0 aliphatic rings. The van der Waals surface area contributed by atoms with Crippen LogP contribution in [-0.4, -0.2) is 37.4 Å². The Balaban J connectivity index is 3.77. The maximum absolute atomic E-state index is 10.5. The molecule has 0 spiro atoms. The van der Waals surface area contributed by atoms with Gasteiger partial charge in [-0.05, 0) is 0 Å². The smallest absolute Gasteiger partial charge is 0.335 e. The molecule has 0 rings (SSSR count). The highest BCUT2D eigenvalue weighted by molar-refractivity contribution is 5.81. The van der Waals surface area contributed by atoms with Crippen LogP contribution in [0.25, 0.3) is 0 Å². The second kappa shape index (κ2) is 4.68. The van der Waals surface area contributed by atoms with Gasteiger partial charge in [0.25, 0.3) is 0 Å². The van der Waals surface area contributed by atoms with Gasteiger partial charge in [0, 0.05) is 0 Å². The van der Waals surface area contributed by atoms with Crippen molar-refractivity contribution in [3.8, 4) is 0 Å². The van der Waals surface area contributed by atoms with E-state index in [0.29, 0.717) is 0 Å². The minimum absolute atomic E-state index is 0.372. The monoisotopic (exact) mass is 162 g/mol. The van der Waals surface area contributed by atoms with Crippen LogP contribution in [0, 0.1) is 0 Å². The van der Waals surface area contributed by atoms with Crippen LogP contribution < -0.4 is 0 Å². The molecule has 0 aromatic rings. The molecule has 0 fully saturated rings. The predicted octanol–water partition coefficient (Wildman–Crippen LogP) is -0.917. The maximum Gasteiger partial charge on any atom is 0.335 e. The van der Waals surface area contributed by atoms with Crippen molar-refractivity contribution < 1.29 is 24.2 Å². The number of ether oxygens (including phenoxy) is 2. The van der Waals surface area contributed by atoms with Crippen LogP contribution >= 0.6 is 0 Å². The summed E-state index contributed by atoms with van der Waals surface area (Å²) in [5.41, 5.74) is 0. The molecule has 0 saturated carbocycles. The third-order valence-corrected chi connectivity index (χ3v) is 1.06. The molecular weight excluding hydrogens is 152 g/mol. The van der Waals surface area contributed by atoms with Crippen molar-refractivity contribution in [2.45, 2.75) is 12.5 Å². The largest absolute Gasteiger partial charge is 0.469 e. The molecule has 0 saturated heterocycles. The third kappa shape index (κ3) is 3.57. The number of carbonyl (C=O) groups excluding carboxylic acids is 2. The first-order valence-corrected chi connectivity index (χ1v) is 2.94. The van der Waals surface area contributed by atoms with E-state index in [-0.39, 0.29) is 6.42 Å². The fourth-order valence-electron chi connectivity index (χ4n) is 0.461. The molecule has 0 aliphatic carbocycles. The molecule has 64 valence electrons. The zero-order chi connectivity index (χ0) is 8.85. The summed E-state index contributed by atoms with van der Waals surface area (Å²) in [6.07, 6.45) is -1.80. The lowest BCUT2D eigenvalue weighted by atomic mass is 10.2. The highest BCUT2D eigenvalue weighted by Crippen LogP contribution is 1.95. The number of carbonyl (C=O) groups is 2. The van der Waals surface area contributed by atoms with Crippen LogP contribution in [0.1, 0.15) is 6.42 Å². The van der Waals surface area contributed by atoms with E-state index in [1.54, 1.807) is 0 Å². The van der Waals surface area contributed by atoms with Gasteiger partial charge in [0.2, 0.25) is 0 Å². The summed E-state index contributed by atoms with van der Waals surface area (Å²) < 4.78 is 8.37. The van der Waals surface area contributed by atoms with E-state index >= 15 is 0 Å². The fourth-order valence-corrected chi connectivity index (χ4v) is 0.461. The summed E-state index contributed by atoms with van der Waals surface area (Å²) in [5.74, 6) is -1.49. The first kappa shape index (κ1) is 9.90. The van der Waals surface area contributed by atoms with Gasteiger partial charge in [-0.2, -0.15) is 0 Å². The van der Waals surface area contributed by atoms with Crippen molar-refractivity contribution in [2.24, 2.45) is 0 Å². The second-order valence-electron chi connectivity index (χ2n) is 1.82. The zero-order valence-electron chi connectivity index (χ0n) is 6.36. The quantitative estimate of drug-likeness (QED) is 0.543. The minimum atomic E-state index is -1.42. The number of aliphatic hydroxyl groups is 1. The van der Waals surface area contributed by atoms with Crippen LogP contribution in [-0.2, 0) is 19.1 Å². The first-order chi connectivity index (χ1) is 5.11. The molecule has 0 aromatic heterocycles. The molecule has 1 N–H and O–H groups in total. The Kier molecular flexibility index (Phi) is 4.21. The minimum Gasteiger partial charge on any atom is -0.469 e. The van der Waals surface area contributed by atoms with Crippen LogP contribution in [0.15, 0.2) is 0 Å². The fraction of sp³-hybridized carbons (Fsp3) is 0.667. The summed E-state index contributed by atoms with van der Waals surface area (Å²) in [6, 6.07) is 0. The summed E-state index contributed by atoms with van der Waals surface area (Å²) in [7, 11) is 2.30. The van der Waals surface area contributed by atoms with Crippen LogP contribution in [0.3, 0.4) is 0 Å². The number of hydrogen-bond acceptors (Lipinski definition) is 5. The Hall–Kier alpha value is -1.10. The highest BCUT2D eigenvalue weighted by Gasteiger charge is 2.19. The second-order valence-corrected chi connectivity index (χ2v) is 1.82. The number of esters is 2. The van der Waals surface area contributed by atoms with Gasteiger partial charge in [-0.25, -0.2) is 4.79 Å². The molecule has 1 atom stereocenters. The van der Waals surface area contributed by atoms with Gasteiger partial charge in [0.15, 0.2) is 6.10 Å². The number of hydrogen-bond donors (Lipinski definition) is 1. The van der Waals surface area contributed by atoms with Crippen molar-refractivity contribution in [3.63, 3.8) is 0 Å². The van der Waals surface area contributed by atoms with E-state index in [4.69, 9.17) is 5.11 Å². The summed E-state index contributed by atoms with van der Waals surface area (Å²) in [6.45, 7) is 0. The van der Waals surface area contributed by atoms with Crippen LogP contribution in [0.5, 0.6) is 0 Å². The molecule has 0 aliphatic heterocycles. The number of rotatable bonds is 3. The zero-order valence-corrected chi connectivity index (χ0v) is 6.36. The van der Waals surface area contributed by atoms with E-state index in [9.17, 15) is 9.59 Å². The van der Waals surface area contributed by atoms with Crippen molar-refractivity contribution in [1.29, 1.82) is 0 Å². The van der Waals surface area contributed by atoms with Gasteiger partial charge in [-0.1, -0.05) is 0 Å². The average molecular weight is 162 g/mol. The Morgan fingerprint density at radius 1 is 1.36 bits per heavy atom. The molecule has 5 nitrogen and oxygen atoms in total. The highest BCUT2D eigenvalue weighted by atomic mass is 16.5.